The monoisotopic (exact) mass is 406 g/mol. The van der Waals surface area contributed by atoms with E-state index in [1.807, 2.05) is 31.2 Å². The molecule has 2 heterocycles. The van der Waals surface area contributed by atoms with Crippen molar-refractivity contribution in [3.05, 3.63) is 105 Å². The highest BCUT2D eigenvalue weighted by Gasteiger charge is 2.19. The normalized spacial score (nSPS) is 11.1. The largest absolute Gasteiger partial charge is 0.337 e. The number of imidazole rings is 1. The second-order valence-electron chi connectivity index (χ2n) is 6.83. The second-order valence-corrected chi connectivity index (χ2v) is 7.27. The molecule has 0 spiro atoms. The molecule has 29 heavy (non-hydrogen) atoms. The summed E-state index contributed by atoms with van der Waals surface area (Å²) in [5.74, 6) is 0. The van der Waals surface area contributed by atoms with Crippen molar-refractivity contribution >= 4 is 22.8 Å². The van der Waals surface area contributed by atoms with Crippen LogP contribution < -0.4 is 11.2 Å². The van der Waals surface area contributed by atoms with Gasteiger partial charge in [0, 0.05) is 18.1 Å². The molecule has 146 valence electrons. The number of allylic oxidation sites excluding steroid dienone is 1. The van der Waals surface area contributed by atoms with Crippen molar-refractivity contribution in [1.82, 2.24) is 18.7 Å². The maximum absolute atomic E-state index is 13.1. The standard InChI is InChI=1S/C22H19ClN4O2/c1-3-11-26-21(28)19-20(27(22(26)29)18-6-4-5-17(23)12-18)24-14-25(19)13-16-9-7-15(2)8-10-16/h3-10,12,14H,1,11,13H2,2H3. The maximum atomic E-state index is 13.1. The lowest BCUT2D eigenvalue weighted by molar-refractivity contribution is 0.690. The molecule has 0 radical (unpaired) electrons. The Hall–Kier alpha value is -3.38. The summed E-state index contributed by atoms with van der Waals surface area (Å²) < 4.78 is 4.34. The number of benzene rings is 2. The van der Waals surface area contributed by atoms with Crippen LogP contribution in [0.2, 0.25) is 5.02 Å². The SMILES string of the molecule is C=CCn1c(=O)c2c(ncn2Cc2ccc(C)cc2)n(-c2cccc(Cl)c2)c1=O. The molecule has 4 rings (SSSR count). The fourth-order valence-corrected chi connectivity index (χ4v) is 3.51. The number of aryl methyl sites for hydroxylation is 1. The van der Waals surface area contributed by atoms with E-state index in [0.717, 1.165) is 15.7 Å². The Bertz CT molecular complexity index is 1330. The first-order valence-corrected chi connectivity index (χ1v) is 9.50. The van der Waals surface area contributed by atoms with Crippen molar-refractivity contribution in [1.29, 1.82) is 0 Å². The molecule has 2 aromatic heterocycles. The predicted octanol–water partition coefficient (Wildman–Crippen LogP) is 3.55. The average molecular weight is 407 g/mol. The van der Waals surface area contributed by atoms with Crippen LogP contribution >= 0.6 is 11.6 Å². The minimum Gasteiger partial charge on any atom is -0.320 e. The van der Waals surface area contributed by atoms with Gasteiger partial charge in [-0.05, 0) is 30.7 Å². The molecular weight excluding hydrogens is 388 g/mol. The van der Waals surface area contributed by atoms with E-state index in [1.165, 1.54) is 10.6 Å². The van der Waals surface area contributed by atoms with Crippen LogP contribution in [-0.4, -0.2) is 18.7 Å². The van der Waals surface area contributed by atoms with Gasteiger partial charge in [0.1, 0.15) is 0 Å². The van der Waals surface area contributed by atoms with Gasteiger partial charge in [0.25, 0.3) is 5.56 Å². The Balaban J connectivity index is 1.99. The van der Waals surface area contributed by atoms with E-state index < -0.39 is 11.2 Å². The van der Waals surface area contributed by atoms with E-state index in [9.17, 15) is 9.59 Å². The Kier molecular flexibility index (Phi) is 4.94. The van der Waals surface area contributed by atoms with Crippen LogP contribution in [0.5, 0.6) is 0 Å². The van der Waals surface area contributed by atoms with Crippen LogP contribution in [0.4, 0.5) is 0 Å². The number of aromatic nitrogens is 4. The lowest BCUT2D eigenvalue weighted by Crippen LogP contribution is -2.39. The summed E-state index contributed by atoms with van der Waals surface area (Å²) in [6.45, 7) is 6.26. The van der Waals surface area contributed by atoms with Crippen molar-refractivity contribution in [2.24, 2.45) is 0 Å². The summed E-state index contributed by atoms with van der Waals surface area (Å²) in [4.78, 5) is 30.6. The fraction of sp³-hybridized carbons (Fsp3) is 0.136. The fourth-order valence-electron chi connectivity index (χ4n) is 3.33. The molecule has 0 aliphatic carbocycles. The van der Waals surface area contributed by atoms with Gasteiger partial charge in [-0.25, -0.2) is 14.3 Å². The molecule has 0 fully saturated rings. The molecular formula is C22H19ClN4O2. The molecule has 6 nitrogen and oxygen atoms in total. The average Bonchev–Trinajstić information content (AvgIpc) is 3.10. The van der Waals surface area contributed by atoms with E-state index in [2.05, 4.69) is 11.6 Å². The molecule has 4 aromatic rings. The van der Waals surface area contributed by atoms with Gasteiger partial charge >= 0.3 is 5.69 Å². The molecule has 0 bridgehead atoms. The zero-order chi connectivity index (χ0) is 20.5. The second kappa shape index (κ2) is 7.56. The maximum Gasteiger partial charge on any atom is 0.337 e. The van der Waals surface area contributed by atoms with E-state index in [1.54, 1.807) is 35.2 Å². The third kappa shape index (κ3) is 3.43. The Morgan fingerprint density at radius 1 is 1.14 bits per heavy atom. The van der Waals surface area contributed by atoms with Crippen molar-refractivity contribution in [3.63, 3.8) is 0 Å². The lowest BCUT2D eigenvalue weighted by Gasteiger charge is -2.12. The molecule has 0 atom stereocenters. The summed E-state index contributed by atoms with van der Waals surface area (Å²) in [7, 11) is 0. The van der Waals surface area contributed by atoms with Crippen molar-refractivity contribution in [2.75, 3.05) is 0 Å². The van der Waals surface area contributed by atoms with E-state index in [-0.39, 0.29) is 6.54 Å². The van der Waals surface area contributed by atoms with Crippen LogP contribution in [0.1, 0.15) is 11.1 Å². The number of hydrogen-bond donors (Lipinski definition) is 0. The molecule has 0 saturated carbocycles. The Morgan fingerprint density at radius 3 is 2.59 bits per heavy atom. The zero-order valence-corrected chi connectivity index (χ0v) is 16.6. The van der Waals surface area contributed by atoms with Crippen LogP contribution in [0.3, 0.4) is 0 Å². The number of halogens is 1. The third-order valence-corrected chi connectivity index (χ3v) is 4.99. The molecule has 2 aromatic carbocycles. The molecule has 7 heteroatoms. The summed E-state index contributed by atoms with van der Waals surface area (Å²) in [5, 5.41) is 0.489. The van der Waals surface area contributed by atoms with Gasteiger partial charge in [-0.2, -0.15) is 0 Å². The minimum atomic E-state index is -0.481. The van der Waals surface area contributed by atoms with Crippen LogP contribution in [0.25, 0.3) is 16.9 Å². The molecule has 0 unspecified atom stereocenters. The predicted molar refractivity (Wildman–Crippen MR) is 115 cm³/mol. The van der Waals surface area contributed by atoms with Crippen molar-refractivity contribution in [2.45, 2.75) is 20.0 Å². The van der Waals surface area contributed by atoms with Gasteiger partial charge in [0.15, 0.2) is 11.2 Å². The lowest BCUT2D eigenvalue weighted by atomic mass is 10.1. The number of rotatable bonds is 5. The number of fused-ring (bicyclic) bond motifs is 1. The minimum absolute atomic E-state index is 0.101. The quantitative estimate of drug-likeness (QED) is 0.476. The number of nitrogens with zero attached hydrogens (tertiary/aromatic N) is 4. The zero-order valence-electron chi connectivity index (χ0n) is 15.9. The summed E-state index contributed by atoms with van der Waals surface area (Å²) >= 11 is 6.13. The van der Waals surface area contributed by atoms with Gasteiger partial charge in [-0.15, -0.1) is 6.58 Å². The molecule has 0 N–H and O–H groups in total. The van der Waals surface area contributed by atoms with Crippen molar-refractivity contribution < 1.29 is 0 Å². The highest BCUT2D eigenvalue weighted by molar-refractivity contribution is 6.30. The van der Waals surface area contributed by atoms with Crippen LogP contribution in [0.15, 0.2) is 77.1 Å². The van der Waals surface area contributed by atoms with Gasteiger partial charge in [-0.1, -0.05) is 53.6 Å². The molecule has 0 aliphatic rings. The van der Waals surface area contributed by atoms with Gasteiger partial charge in [-0.3, -0.25) is 9.36 Å². The Labute approximate surface area is 171 Å². The smallest absolute Gasteiger partial charge is 0.320 e. The highest BCUT2D eigenvalue weighted by Crippen LogP contribution is 2.18. The first kappa shape index (κ1) is 19.0. The molecule has 0 saturated heterocycles. The summed E-state index contributed by atoms with van der Waals surface area (Å²) in [6.07, 6.45) is 3.11. The number of hydrogen-bond acceptors (Lipinski definition) is 3. The van der Waals surface area contributed by atoms with Crippen LogP contribution in [0, 0.1) is 6.92 Å². The van der Waals surface area contributed by atoms with E-state index in [4.69, 9.17) is 11.6 Å². The first-order valence-electron chi connectivity index (χ1n) is 9.12. The van der Waals surface area contributed by atoms with E-state index >= 15 is 0 Å². The summed E-state index contributed by atoms with van der Waals surface area (Å²) in [5.41, 5.74) is 2.52. The summed E-state index contributed by atoms with van der Waals surface area (Å²) in [6, 6.07) is 15.0. The third-order valence-electron chi connectivity index (χ3n) is 4.75. The van der Waals surface area contributed by atoms with E-state index in [0.29, 0.717) is 28.4 Å². The van der Waals surface area contributed by atoms with Crippen molar-refractivity contribution in [3.8, 4) is 5.69 Å². The van der Waals surface area contributed by atoms with Gasteiger partial charge in [0.05, 0.1) is 12.0 Å². The highest BCUT2D eigenvalue weighted by atomic mass is 35.5. The topological polar surface area (TPSA) is 61.8 Å². The molecule has 0 aliphatic heterocycles. The first-order chi connectivity index (χ1) is 14.0. The van der Waals surface area contributed by atoms with Crippen LogP contribution in [-0.2, 0) is 13.1 Å². The Morgan fingerprint density at radius 2 is 1.90 bits per heavy atom. The molecule has 0 amide bonds. The van der Waals surface area contributed by atoms with Gasteiger partial charge < -0.3 is 4.57 Å². The van der Waals surface area contributed by atoms with Gasteiger partial charge in [0.2, 0.25) is 0 Å².